The molecule has 2 rings (SSSR count). The Labute approximate surface area is 174 Å². The summed E-state index contributed by atoms with van der Waals surface area (Å²) in [6.07, 6.45) is -0.811. The molecular formula is C22H25N2O6-. The highest BCUT2D eigenvalue weighted by Crippen LogP contribution is 2.12. The van der Waals surface area contributed by atoms with Gasteiger partial charge in [-0.05, 0) is 35.6 Å². The van der Waals surface area contributed by atoms with Crippen LogP contribution in [0.25, 0.3) is 0 Å². The molecule has 0 saturated heterocycles. The number of phenols is 1. The second kappa shape index (κ2) is 10.8. The molecule has 0 aliphatic heterocycles. The van der Waals surface area contributed by atoms with Crippen LogP contribution in [0.4, 0.5) is 4.79 Å². The summed E-state index contributed by atoms with van der Waals surface area (Å²) in [5, 5.41) is 25.7. The molecule has 0 saturated carbocycles. The molecule has 2 aromatic rings. The Bertz CT molecular complexity index is 852. The fourth-order valence-electron chi connectivity index (χ4n) is 2.75. The van der Waals surface area contributed by atoms with Gasteiger partial charge in [-0.25, -0.2) is 4.79 Å². The van der Waals surface area contributed by atoms with Crippen molar-refractivity contribution in [1.82, 2.24) is 10.6 Å². The third kappa shape index (κ3) is 7.12. The van der Waals surface area contributed by atoms with Crippen LogP contribution in [0.3, 0.4) is 0 Å². The number of carbonyl (C=O) groups is 3. The minimum Gasteiger partial charge on any atom is -0.548 e. The molecule has 2 amide bonds. The molecule has 0 bridgehead atoms. The van der Waals surface area contributed by atoms with E-state index in [0.29, 0.717) is 5.56 Å². The SMILES string of the molecule is CC(C)[C@H](NC(=O)OCc1ccccc1)C(=O)N[C@@H](Cc1ccc(O)cc1)C(=O)[O-]. The summed E-state index contributed by atoms with van der Waals surface area (Å²) in [6, 6.07) is 12.7. The summed E-state index contributed by atoms with van der Waals surface area (Å²) in [5.41, 5.74) is 1.39. The van der Waals surface area contributed by atoms with Gasteiger partial charge in [0, 0.05) is 0 Å². The zero-order valence-corrected chi connectivity index (χ0v) is 16.8. The quantitative estimate of drug-likeness (QED) is 0.565. The van der Waals surface area contributed by atoms with Crippen molar-refractivity contribution < 1.29 is 29.3 Å². The van der Waals surface area contributed by atoms with Gasteiger partial charge in [-0.1, -0.05) is 56.3 Å². The standard InChI is InChI=1S/C22H26N2O6/c1-14(2)19(24-22(29)30-13-16-6-4-3-5-7-16)20(26)23-18(21(27)28)12-15-8-10-17(25)11-9-15/h3-11,14,18-19,25H,12-13H2,1-2H3,(H,23,26)(H,24,29)(H,27,28)/p-1/t18-,19-/m0/s1. The first-order valence-corrected chi connectivity index (χ1v) is 9.52. The Balaban J connectivity index is 1.97. The number of hydrogen-bond donors (Lipinski definition) is 3. The van der Waals surface area contributed by atoms with E-state index in [1.165, 1.54) is 12.1 Å². The number of alkyl carbamates (subject to hydrolysis) is 1. The molecule has 3 N–H and O–H groups in total. The lowest BCUT2D eigenvalue weighted by atomic mass is 10.0. The number of carboxylic acids is 1. The van der Waals surface area contributed by atoms with E-state index >= 15 is 0 Å². The number of rotatable bonds is 9. The summed E-state index contributed by atoms with van der Waals surface area (Å²) in [7, 11) is 0. The molecule has 0 fully saturated rings. The monoisotopic (exact) mass is 413 g/mol. The Morgan fingerprint density at radius 2 is 1.60 bits per heavy atom. The van der Waals surface area contributed by atoms with Gasteiger partial charge in [0.15, 0.2) is 0 Å². The molecule has 160 valence electrons. The number of hydrogen-bond acceptors (Lipinski definition) is 6. The van der Waals surface area contributed by atoms with E-state index in [4.69, 9.17) is 4.74 Å². The number of ether oxygens (including phenoxy) is 1. The van der Waals surface area contributed by atoms with Gasteiger partial charge in [0.05, 0.1) is 12.0 Å². The molecule has 30 heavy (non-hydrogen) atoms. The molecule has 0 unspecified atom stereocenters. The Morgan fingerprint density at radius 3 is 2.17 bits per heavy atom. The van der Waals surface area contributed by atoms with Crippen LogP contribution in [0.2, 0.25) is 0 Å². The van der Waals surface area contributed by atoms with Gasteiger partial charge >= 0.3 is 6.09 Å². The molecule has 8 heteroatoms. The smallest absolute Gasteiger partial charge is 0.408 e. The van der Waals surface area contributed by atoms with Gasteiger partial charge in [-0.3, -0.25) is 4.79 Å². The van der Waals surface area contributed by atoms with Crippen LogP contribution in [0.1, 0.15) is 25.0 Å². The maximum Gasteiger partial charge on any atom is 0.408 e. The summed E-state index contributed by atoms with van der Waals surface area (Å²) in [5.74, 6) is -2.38. The number of nitrogens with one attached hydrogen (secondary N) is 2. The number of aliphatic carboxylic acids is 1. The summed E-state index contributed by atoms with van der Waals surface area (Å²) in [4.78, 5) is 36.2. The maximum atomic E-state index is 12.6. The molecule has 2 atom stereocenters. The third-order valence-electron chi connectivity index (χ3n) is 4.41. The van der Waals surface area contributed by atoms with Crippen molar-refractivity contribution in [2.75, 3.05) is 0 Å². The fraction of sp³-hybridized carbons (Fsp3) is 0.318. The second-order valence-corrected chi connectivity index (χ2v) is 7.18. The first-order valence-electron chi connectivity index (χ1n) is 9.52. The minimum absolute atomic E-state index is 0.0301. The van der Waals surface area contributed by atoms with E-state index in [-0.39, 0.29) is 24.7 Å². The largest absolute Gasteiger partial charge is 0.548 e. The van der Waals surface area contributed by atoms with Crippen molar-refractivity contribution in [2.45, 2.75) is 39.0 Å². The number of aromatic hydroxyl groups is 1. The number of carboxylic acid groups (broad SMARTS) is 1. The van der Waals surface area contributed by atoms with Crippen LogP contribution in [0.15, 0.2) is 54.6 Å². The van der Waals surface area contributed by atoms with Crippen molar-refractivity contribution >= 4 is 18.0 Å². The summed E-state index contributed by atoms with van der Waals surface area (Å²) in [6.45, 7) is 3.48. The molecule has 0 aliphatic carbocycles. The molecule has 0 aliphatic rings. The van der Waals surface area contributed by atoms with Crippen LogP contribution in [0.5, 0.6) is 5.75 Å². The zero-order valence-electron chi connectivity index (χ0n) is 16.8. The molecular weight excluding hydrogens is 388 g/mol. The van der Waals surface area contributed by atoms with E-state index in [0.717, 1.165) is 5.56 Å². The molecule has 0 spiro atoms. The summed E-state index contributed by atoms with van der Waals surface area (Å²) >= 11 is 0. The number of amides is 2. The maximum absolute atomic E-state index is 12.6. The lowest BCUT2D eigenvalue weighted by Crippen LogP contribution is -2.56. The van der Waals surface area contributed by atoms with Crippen LogP contribution in [0, 0.1) is 5.92 Å². The predicted octanol–water partition coefficient (Wildman–Crippen LogP) is 1.12. The fourth-order valence-corrected chi connectivity index (χ4v) is 2.75. The van der Waals surface area contributed by atoms with Gasteiger partial charge in [0.1, 0.15) is 18.4 Å². The predicted molar refractivity (Wildman–Crippen MR) is 107 cm³/mol. The van der Waals surface area contributed by atoms with E-state index in [9.17, 15) is 24.6 Å². The van der Waals surface area contributed by atoms with E-state index in [1.807, 2.05) is 18.2 Å². The average Bonchev–Trinajstić information content (AvgIpc) is 2.71. The summed E-state index contributed by atoms with van der Waals surface area (Å²) < 4.78 is 5.14. The van der Waals surface area contributed by atoms with E-state index in [2.05, 4.69) is 10.6 Å². The van der Waals surface area contributed by atoms with Gasteiger partial charge in [-0.15, -0.1) is 0 Å². The van der Waals surface area contributed by atoms with Gasteiger partial charge < -0.3 is 30.4 Å². The van der Waals surface area contributed by atoms with Crippen molar-refractivity contribution in [1.29, 1.82) is 0 Å². The lowest BCUT2D eigenvalue weighted by Gasteiger charge is -2.26. The second-order valence-electron chi connectivity index (χ2n) is 7.18. The van der Waals surface area contributed by atoms with Gasteiger partial charge in [-0.2, -0.15) is 0 Å². The molecule has 0 radical (unpaired) electrons. The van der Waals surface area contributed by atoms with Gasteiger partial charge in [0.25, 0.3) is 0 Å². The van der Waals surface area contributed by atoms with Crippen LogP contribution >= 0.6 is 0 Å². The molecule has 0 aromatic heterocycles. The highest BCUT2D eigenvalue weighted by Gasteiger charge is 2.27. The number of carbonyl (C=O) groups excluding carboxylic acids is 3. The van der Waals surface area contributed by atoms with Crippen LogP contribution < -0.4 is 15.7 Å². The van der Waals surface area contributed by atoms with E-state index < -0.39 is 30.1 Å². The Kier molecular flexibility index (Phi) is 8.22. The third-order valence-corrected chi connectivity index (χ3v) is 4.41. The van der Waals surface area contributed by atoms with Crippen molar-refractivity contribution in [3.05, 3.63) is 65.7 Å². The molecule has 2 aromatic carbocycles. The van der Waals surface area contributed by atoms with E-state index in [1.54, 1.807) is 38.1 Å². The van der Waals surface area contributed by atoms with Crippen LogP contribution in [-0.4, -0.2) is 35.2 Å². The van der Waals surface area contributed by atoms with Crippen molar-refractivity contribution in [3.63, 3.8) is 0 Å². The average molecular weight is 413 g/mol. The first kappa shape index (κ1) is 22.7. The normalized spacial score (nSPS) is 12.6. The van der Waals surface area contributed by atoms with Gasteiger partial charge in [0.2, 0.25) is 5.91 Å². The molecule has 8 nitrogen and oxygen atoms in total. The Hall–Kier alpha value is -3.55. The number of phenolic OH excluding ortho intramolecular Hbond substituents is 1. The minimum atomic E-state index is -1.45. The first-order chi connectivity index (χ1) is 14.3. The highest BCUT2D eigenvalue weighted by atomic mass is 16.5. The van der Waals surface area contributed by atoms with Crippen molar-refractivity contribution in [2.24, 2.45) is 5.92 Å². The van der Waals surface area contributed by atoms with Crippen molar-refractivity contribution in [3.8, 4) is 5.75 Å². The number of benzene rings is 2. The Morgan fingerprint density at radius 1 is 0.967 bits per heavy atom. The lowest BCUT2D eigenvalue weighted by molar-refractivity contribution is -0.308. The highest BCUT2D eigenvalue weighted by molar-refractivity contribution is 5.89. The van der Waals surface area contributed by atoms with Crippen LogP contribution in [-0.2, 0) is 27.4 Å². The topological polar surface area (TPSA) is 128 Å². The molecule has 0 heterocycles. The zero-order chi connectivity index (χ0) is 22.1.